The van der Waals surface area contributed by atoms with Crippen molar-refractivity contribution in [3.8, 4) is 5.75 Å². The zero-order valence-corrected chi connectivity index (χ0v) is 20.7. The predicted octanol–water partition coefficient (Wildman–Crippen LogP) is 4.75. The topological polar surface area (TPSA) is 90.9 Å². The molecule has 0 saturated heterocycles. The molecule has 0 fully saturated rings. The molecule has 0 spiro atoms. The molecule has 0 unspecified atom stereocenters. The molecule has 33 heavy (non-hydrogen) atoms. The number of esters is 2. The molecular formula is C26H41NO6. The molecule has 1 aromatic carbocycles. The highest BCUT2D eigenvalue weighted by Crippen LogP contribution is 2.21. The quantitative estimate of drug-likeness (QED) is 0.204. The second-order valence-corrected chi connectivity index (χ2v) is 8.14. The zero-order valence-electron chi connectivity index (χ0n) is 20.7. The van der Waals surface area contributed by atoms with E-state index in [0.29, 0.717) is 13.0 Å². The van der Waals surface area contributed by atoms with E-state index in [1.807, 2.05) is 24.3 Å². The van der Waals surface area contributed by atoms with E-state index in [-0.39, 0.29) is 19.6 Å². The molecule has 0 aliphatic carbocycles. The van der Waals surface area contributed by atoms with Gasteiger partial charge in [0.25, 0.3) is 0 Å². The summed E-state index contributed by atoms with van der Waals surface area (Å²) in [5.74, 6) is -1.35. The van der Waals surface area contributed by atoms with Gasteiger partial charge in [-0.3, -0.25) is 4.79 Å². The highest BCUT2D eigenvalue weighted by atomic mass is 16.6. The molecule has 186 valence electrons. The third kappa shape index (κ3) is 10.3. The van der Waals surface area contributed by atoms with Gasteiger partial charge in [0.15, 0.2) is 0 Å². The number of ether oxygens (including phenoxy) is 3. The Labute approximate surface area is 198 Å². The number of nitrogens with one attached hydrogen (secondary N) is 1. The molecule has 1 aromatic rings. The SMILES string of the molecule is CCCCCCCCCOc1ccc(CCC(NC(C)=O)(C(=O)OCC)C(=O)OCC)cc1. The first-order valence-corrected chi connectivity index (χ1v) is 12.2. The summed E-state index contributed by atoms with van der Waals surface area (Å²) in [6.45, 7) is 7.63. The van der Waals surface area contributed by atoms with Crippen LogP contribution in [0.1, 0.15) is 84.6 Å². The van der Waals surface area contributed by atoms with E-state index in [0.717, 1.165) is 17.7 Å². The van der Waals surface area contributed by atoms with Crippen molar-refractivity contribution < 1.29 is 28.6 Å². The van der Waals surface area contributed by atoms with Gasteiger partial charge < -0.3 is 19.5 Å². The number of amides is 1. The van der Waals surface area contributed by atoms with Crippen molar-refractivity contribution in [2.24, 2.45) is 0 Å². The fraction of sp³-hybridized carbons (Fsp3) is 0.654. The van der Waals surface area contributed by atoms with Crippen LogP contribution in [0.4, 0.5) is 0 Å². The van der Waals surface area contributed by atoms with Crippen LogP contribution in [0.2, 0.25) is 0 Å². The maximum atomic E-state index is 12.7. The Kier molecular flexibility index (Phi) is 13.9. The van der Waals surface area contributed by atoms with Crippen molar-refractivity contribution in [2.45, 2.75) is 91.0 Å². The predicted molar refractivity (Wildman–Crippen MR) is 128 cm³/mol. The minimum Gasteiger partial charge on any atom is -0.494 e. The second kappa shape index (κ2) is 16.1. The summed E-state index contributed by atoms with van der Waals surface area (Å²) in [6, 6.07) is 7.56. The number of carbonyl (C=O) groups is 3. The van der Waals surface area contributed by atoms with Gasteiger partial charge in [-0.15, -0.1) is 0 Å². The highest BCUT2D eigenvalue weighted by molar-refractivity contribution is 6.07. The number of carbonyl (C=O) groups excluding carboxylic acids is 3. The average Bonchev–Trinajstić information content (AvgIpc) is 2.79. The lowest BCUT2D eigenvalue weighted by Crippen LogP contribution is -2.61. The van der Waals surface area contributed by atoms with Crippen molar-refractivity contribution in [1.29, 1.82) is 0 Å². The molecule has 0 radical (unpaired) electrons. The lowest BCUT2D eigenvalue weighted by Gasteiger charge is -2.29. The molecule has 7 heteroatoms. The fourth-order valence-electron chi connectivity index (χ4n) is 3.59. The van der Waals surface area contributed by atoms with Gasteiger partial charge in [0.1, 0.15) is 5.75 Å². The van der Waals surface area contributed by atoms with Gasteiger partial charge in [0.2, 0.25) is 11.4 Å². The number of rotatable bonds is 17. The Hall–Kier alpha value is -2.57. The minimum atomic E-state index is -1.87. The largest absolute Gasteiger partial charge is 0.494 e. The molecular weight excluding hydrogens is 422 g/mol. The minimum absolute atomic E-state index is 0.0302. The third-order valence-corrected chi connectivity index (χ3v) is 5.37. The van der Waals surface area contributed by atoms with Crippen molar-refractivity contribution in [1.82, 2.24) is 5.32 Å². The van der Waals surface area contributed by atoms with Crippen LogP contribution in [-0.2, 0) is 30.3 Å². The maximum absolute atomic E-state index is 12.7. The lowest BCUT2D eigenvalue weighted by molar-refractivity contribution is -0.168. The summed E-state index contributed by atoms with van der Waals surface area (Å²) >= 11 is 0. The Balaban J connectivity index is 2.67. The normalized spacial score (nSPS) is 11.0. The van der Waals surface area contributed by atoms with Crippen molar-refractivity contribution in [3.05, 3.63) is 29.8 Å². The summed E-state index contributed by atoms with van der Waals surface area (Å²) in [4.78, 5) is 37.2. The maximum Gasteiger partial charge on any atom is 0.343 e. The van der Waals surface area contributed by atoms with Gasteiger partial charge in [-0.25, -0.2) is 9.59 Å². The van der Waals surface area contributed by atoms with E-state index >= 15 is 0 Å². The molecule has 1 rings (SSSR count). The molecule has 0 heterocycles. The zero-order chi connectivity index (χ0) is 24.5. The Bertz CT molecular complexity index is 698. The number of unbranched alkanes of at least 4 members (excludes halogenated alkanes) is 6. The highest BCUT2D eigenvalue weighted by Gasteiger charge is 2.49. The van der Waals surface area contributed by atoms with E-state index in [9.17, 15) is 14.4 Å². The molecule has 7 nitrogen and oxygen atoms in total. The molecule has 1 N–H and O–H groups in total. The van der Waals surface area contributed by atoms with Crippen LogP contribution >= 0.6 is 0 Å². The lowest BCUT2D eigenvalue weighted by atomic mass is 9.90. The van der Waals surface area contributed by atoms with Gasteiger partial charge in [0, 0.05) is 6.92 Å². The summed E-state index contributed by atoms with van der Waals surface area (Å²) in [7, 11) is 0. The van der Waals surface area contributed by atoms with Crippen molar-refractivity contribution in [2.75, 3.05) is 19.8 Å². The van der Waals surface area contributed by atoms with Crippen LogP contribution in [0, 0.1) is 0 Å². The summed E-state index contributed by atoms with van der Waals surface area (Å²) < 4.78 is 16.0. The molecule has 1 amide bonds. The van der Waals surface area contributed by atoms with E-state index in [1.165, 1.54) is 45.4 Å². The van der Waals surface area contributed by atoms with Gasteiger partial charge in [0.05, 0.1) is 19.8 Å². The first-order valence-electron chi connectivity index (χ1n) is 12.2. The van der Waals surface area contributed by atoms with Gasteiger partial charge in [-0.2, -0.15) is 0 Å². The summed E-state index contributed by atoms with van der Waals surface area (Å²) in [5, 5.41) is 2.49. The van der Waals surface area contributed by atoms with Crippen LogP contribution in [0.25, 0.3) is 0 Å². The molecule has 0 aliphatic rings. The van der Waals surface area contributed by atoms with Crippen LogP contribution in [-0.4, -0.2) is 43.2 Å². The Morgan fingerprint density at radius 3 is 1.88 bits per heavy atom. The van der Waals surface area contributed by atoms with Gasteiger partial charge >= 0.3 is 11.9 Å². The fourth-order valence-corrected chi connectivity index (χ4v) is 3.59. The summed E-state index contributed by atoms with van der Waals surface area (Å²) in [6.07, 6.45) is 9.04. The van der Waals surface area contributed by atoms with E-state index < -0.39 is 23.4 Å². The smallest absolute Gasteiger partial charge is 0.343 e. The molecule has 0 saturated carbocycles. The van der Waals surface area contributed by atoms with Crippen LogP contribution in [0.3, 0.4) is 0 Å². The number of hydrogen-bond donors (Lipinski definition) is 1. The number of benzene rings is 1. The van der Waals surface area contributed by atoms with Crippen LogP contribution < -0.4 is 10.1 Å². The molecule has 0 bridgehead atoms. The average molecular weight is 464 g/mol. The van der Waals surface area contributed by atoms with E-state index in [2.05, 4.69) is 12.2 Å². The van der Waals surface area contributed by atoms with E-state index in [4.69, 9.17) is 14.2 Å². The molecule has 0 aliphatic heterocycles. The first kappa shape index (κ1) is 28.5. The molecule has 0 atom stereocenters. The Morgan fingerprint density at radius 1 is 0.818 bits per heavy atom. The monoisotopic (exact) mass is 463 g/mol. The van der Waals surface area contributed by atoms with Crippen LogP contribution in [0.5, 0.6) is 5.75 Å². The van der Waals surface area contributed by atoms with Crippen molar-refractivity contribution in [3.63, 3.8) is 0 Å². The van der Waals surface area contributed by atoms with E-state index in [1.54, 1.807) is 13.8 Å². The standard InChI is InChI=1S/C26H41NO6/c1-5-8-9-10-11-12-13-20-33-23-16-14-22(15-17-23)18-19-26(27-21(4)28,24(29)31-6-2)25(30)32-7-3/h14-17H,5-13,18-20H2,1-4H3,(H,27,28). The number of hydrogen-bond acceptors (Lipinski definition) is 6. The van der Waals surface area contributed by atoms with Crippen LogP contribution in [0.15, 0.2) is 24.3 Å². The molecule has 0 aromatic heterocycles. The van der Waals surface area contributed by atoms with Gasteiger partial charge in [-0.05, 0) is 50.8 Å². The number of aryl methyl sites for hydroxylation is 1. The van der Waals surface area contributed by atoms with Crippen molar-refractivity contribution >= 4 is 17.8 Å². The third-order valence-electron chi connectivity index (χ3n) is 5.37. The summed E-state index contributed by atoms with van der Waals surface area (Å²) in [5.41, 5.74) is -0.967. The van der Waals surface area contributed by atoms with Gasteiger partial charge in [-0.1, -0.05) is 57.6 Å². The first-order chi connectivity index (χ1) is 15.9. The second-order valence-electron chi connectivity index (χ2n) is 8.14. The Morgan fingerprint density at radius 2 is 1.36 bits per heavy atom.